The first-order chi connectivity index (χ1) is 28.6. The van der Waals surface area contributed by atoms with Crippen molar-refractivity contribution < 1.29 is 43.5 Å². The van der Waals surface area contributed by atoms with E-state index in [0.29, 0.717) is 82.6 Å². The van der Waals surface area contributed by atoms with Gasteiger partial charge in [-0.05, 0) is 80.3 Å². The first-order valence-electron chi connectivity index (χ1n) is 21.3. The maximum atomic E-state index is 15.4. The number of H-pyrrole nitrogens is 1. The maximum Gasteiger partial charge on any atom is 0.344 e. The number of benzene rings is 2. The Morgan fingerprint density at radius 2 is 1.73 bits per heavy atom. The van der Waals surface area contributed by atoms with Crippen LogP contribution < -0.4 is 9.64 Å². The number of fused-ring (bicyclic) bond motifs is 6. The van der Waals surface area contributed by atoms with Crippen LogP contribution in [0, 0.1) is 11.3 Å². The maximum absolute atomic E-state index is 15.4. The van der Waals surface area contributed by atoms with Gasteiger partial charge >= 0.3 is 17.9 Å². The SMILES string of the molecule is CC[C@@]1(O)C[C@@H]2CN(CCc3c([nH]c4cc(Br)ccc34)[C@@](C(=O)OC)(c3cc4c(cc3OC)N(C)[C@H]3[C@@](O)(C(=O)OC)[C@H](OC(C)=O)[C@]5(CC)C=CCN6CC[C@]43[C@@H]65)C2)C1. The van der Waals surface area contributed by atoms with Crippen molar-refractivity contribution in [3.05, 3.63) is 69.3 Å². The van der Waals surface area contributed by atoms with E-state index >= 15 is 4.79 Å². The summed E-state index contributed by atoms with van der Waals surface area (Å²) in [6.45, 7) is 8.58. The number of likely N-dealkylation sites (N-methyl/N-ethyl adjacent to an activating group) is 1. The predicted molar refractivity (Wildman–Crippen MR) is 228 cm³/mol. The molecule has 2 aromatic carbocycles. The number of hydrogen-bond acceptors (Lipinski definition) is 12. The van der Waals surface area contributed by atoms with E-state index in [-0.39, 0.29) is 12.0 Å². The highest BCUT2D eigenvalue weighted by Crippen LogP contribution is 2.68. The van der Waals surface area contributed by atoms with Gasteiger partial charge in [-0.25, -0.2) is 4.79 Å². The smallest absolute Gasteiger partial charge is 0.344 e. The molecule has 3 N–H and O–H groups in total. The van der Waals surface area contributed by atoms with Crippen LogP contribution in [0.3, 0.4) is 0 Å². The molecule has 1 aromatic heterocycles. The number of rotatable bonds is 7. The van der Waals surface area contributed by atoms with Crippen LogP contribution in [0.2, 0.25) is 0 Å². The van der Waals surface area contributed by atoms with E-state index in [9.17, 15) is 19.8 Å². The highest BCUT2D eigenvalue weighted by molar-refractivity contribution is 9.10. The van der Waals surface area contributed by atoms with E-state index in [2.05, 4.69) is 48.9 Å². The second-order valence-electron chi connectivity index (χ2n) is 18.3. The predicted octanol–water partition coefficient (Wildman–Crippen LogP) is 4.75. The lowest BCUT2D eigenvalue weighted by Gasteiger charge is -2.63. The molecule has 1 aliphatic carbocycles. The van der Waals surface area contributed by atoms with Crippen molar-refractivity contribution in [2.45, 2.75) is 99.5 Å². The third-order valence-corrected chi connectivity index (χ3v) is 16.1. The average molecular weight is 890 g/mol. The topological polar surface area (TPSA) is 154 Å². The largest absolute Gasteiger partial charge is 0.496 e. The van der Waals surface area contributed by atoms with Crippen molar-refractivity contribution in [3.63, 3.8) is 0 Å². The van der Waals surface area contributed by atoms with Crippen LogP contribution >= 0.6 is 15.9 Å². The van der Waals surface area contributed by atoms with Gasteiger partial charge in [-0.15, -0.1) is 0 Å². The molecule has 1 saturated carbocycles. The number of nitrogens with one attached hydrogen (secondary N) is 1. The summed E-state index contributed by atoms with van der Waals surface area (Å²) in [6, 6.07) is 8.93. The minimum atomic E-state index is -2.31. The van der Waals surface area contributed by atoms with Gasteiger partial charge < -0.3 is 39.0 Å². The Morgan fingerprint density at radius 1 is 0.967 bits per heavy atom. The van der Waals surface area contributed by atoms with E-state index in [1.807, 2.05) is 50.1 Å². The van der Waals surface area contributed by atoms with Gasteiger partial charge in [0.25, 0.3) is 0 Å². The number of aliphatic hydroxyl groups is 2. The zero-order valence-electron chi connectivity index (χ0n) is 35.6. The second kappa shape index (κ2) is 14.3. The molecule has 6 heterocycles. The Morgan fingerprint density at radius 3 is 2.42 bits per heavy atom. The summed E-state index contributed by atoms with van der Waals surface area (Å²) in [6.07, 6.45) is 5.88. The van der Waals surface area contributed by atoms with Crippen molar-refractivity contribution in [2.24, 2.45) is 11.3 Å². The molecule has 10 atom stereocenters. The highest BCUT2D eigenvalue weighted by atomic mass is 79.9. The molecule has 322 valence electrons. The molecule has 3 fully saturated rings. The molecule has 2 bridgehead atoms. The van der Waals surface area contributed by atoms with E-state index in [1.165, 1.54) is 21.1 Å². The number of ether oxygens (including phenoxy) is 4. The molecule has 60 heavy (non-hydrogen) atoms. The lowest BCUT2D eigenvalue weighted by molar-refractivity contribution is -0.228. The molecule has 9 rings (SSSR count). The van der Waals surface area contributed by atoms with Gasteiger partial charge in [0.05, 0.1) is 33.0 Å². The summed E-state index contributed by atoms with van der Waals surface area (Å²) < 4.78 is 24.9. The molecule has 5 aliphatic heterocycles. The molecule has 1 spiro atoms. The van der Waals surface area contributed by atoms with E-state index in [4.69, 9.17) is 18.9 Å². The summed E-state index contributed by atoms with van der Waals surface area (Å²) in [5.41, 5.74) is -1.76. The first-order valence-corrected chi connectivity index (χ1v) is 22.1. The fraction of sp³-hybridized carbons (Fsp3) is 0.587. The fourth-order valence-corrected chi connectivity index (χ4v) is 13.9. The molecule has 0 amide bonds. The summed E-state index contributed by atoms with van der Waals surface area (Å²) in [7, 11) is 6.14. The molecule has 2 saturated heterocycles. The van der Waals surface area contributed by atoms with E-state index < -0.39 is 57.5 Å². The number of carbonyl (C=O) groups is 3. The number of methoxy groups -OCH3 is 3. The highest BCUT2D eigenvalue weighted by Gasteiger charge is 2.80. The number of aromatic nitrogens is 1. The molecule has 6 aliphatic rings. The van der Waals surface area contributed by atoms with Crippen LogP contribution in [0.4, 0.5) is 5.69 Å². The Bertz CT molecular complexity index is 2320. The standard InChI is InChI=1S/C46H57BrN4O9/c1-8-42(55)22-27-23-45(40(53)58-6,36-30(13-17-50(24-27)25-42)29-12-11-28(47)19-33(29)48-36)32-20-31-34(21-35(32)57-5)49(4)38-44(31)15-18-51-16-10-14-43(9-2,37(44)51)39(60-26(3)52)46(38,56)41(54)59-7/h10-12,14,19-21,27,37-39,48,55-56H,8-9,13,15-18,22-25H2,1-7H3/t27-,37-,38+,39+,42+,43+,44+,45-,46-/m0/s1. The zero-order valence-corrected chi connectivity index (χ0v) is 37.2. The first kappa shape index (κ1) is 41.4. The minimum absolute atomic E-state index is 0.111. The van der Waals surface area contributed by atoms with Gasteiger partial charge in [-0.3, -0.25) is 19.4 Å². The summed E-state index contributed by atoms with van der Waals surface area (Å²) >= 11 is 3.68. The van der Waals surface area contributed by atoms with Crippen molar-refractivity contribution in [1.82, 2.24) is 14.8 Å². The number of esters is 3. The molecule has 3 aromatic rings. The summed E-state index contributed by atoms with van der Waals surface area (Å²) in [4.78, 5) is 53.3. The zero-order chi connectivity index (χ0) is 42.7. The Kier molecular flexibility index (Phi) is 9.87. The van der Waals surface area contributed by atoms with Crippen LogP contribution in [-0.4, -0.2) is 133 Å². The Labute approximate surface area is 359 Å². The lowest BCUT2D eigenvalue weighted by Crippen LogP contribution is -2.81. The van der Waals surface area contributed by atoms with Crippen LogP contribution in [0.5, 0.6) is 5.75 Å². The average Bonchev–Trinajstić information content (AvgIpc) is 3.89. The number of aromatic amines is 1. The number of nitrogens with zero attached hydrogens (tertiary/aromatic N) is 3. The Hall–Kier alpha value is -3.95. The number of anilines is 1. The molecule has 14 heteroatoms. The van der Waals surface area contributed by atoms with Crippen molar-refractivity contribution >= 4 is 50.4 Å². The Balaban J connectivity index is 1.37. The molecular weight excluding hydrogens is 832 g/mol. The van der Waals surface area contributed by atoms with Gasteiger partial charge in [-0.1, -0.05) is 48.0 Å². The molecule has 13 nitrogen and oxygen atoms in total. The second-order valence-corrected chi connectivity index (χ2v) is 19.3. The van der Waals surface area contributed by atoms with Crippen molar-refractivity contribution in [3.8, 4) is 5.75 Å². The lowest BCUT2D eigenvalue weighted by atomic mass is 9.47. The van der Waals surface area contributed by atoms with Crippen molar-refractivity contribution in [1.29, 1.82) is 0 Å². The van der Waals surface area contributed by atoms with Gasteiger partial charge in [-0.2, -0.15) is 0 Å². The normalized spacial score (nSPS) is 36.6. The van der Waals surface area contributed by atoms with Crippen LogP contribution in [0.15, 0.2) is 47.0 Å². The van der Waals surface area contributed by atoms with Crippen LogP contribution in [0.1, 0.15) is 75.3 Å². The number of piperidine rings is 1. The summed E-state index contributed by atoms with van der Waals surface area (Å²) in [5, 5.41) is 26.4. The van der Waals surface area contributed by atoms with Gasteiger partial charge in [0.1, 0.15) is 11.2 Å². The third-order valence-electron chi connectivity index (χ3n) is 15.7. The molecule has 1 unspecified atom stereocenters. The quantitative estimate of drug-likeness (QED) is 0.171. The molecule has 0 radical (unpaired) electrons. The van der Waals surface area contributed by atoms with Gasteiger partial charge in [0, 0.05) is 95.4 Å². The van der Waals surface area contributed by atoms with Crippen molar-refractivity contribution in [2.75, 3.05) is 66.0 Å². The van der Waals surface area contributed by atoms with Crippen LogP contribution in [-0.2, 0) is 45.8 Å². The summed E-state index contributed by atoms with van der Waals surface area (Å²) in [5.74, 6) is -1.60. The number of hydrogen-bond donors (Lipinski definition) is 3. The van der Waals surface area contributed by atoms with Crippen LogP contribution in [0.25, 0.3) is 10.9 Å². The molecular formula is C46H57BrN4O9. The van der Waals surface area contributed by atoms with E-state index in [1.54, 1.807) is 7.11 Å². The van der Waals surface area contributed by atoms with E-state index in [0.717, 1.165) is 37.9 Å². The third kappa shape index (κ3) is 5.39. The monoisotopic (exact) mass is 888 g/mol. The minimum Gasteiger partial charge on any atom is -0.496 e. The number of carbonyl (C=O) groups excluding carboxylic acids is 3. The fourth-order valence-electron chi connectivity index (χ4n) is 13.5. The van der Waals surface area contributed by atoms with Gasteiger partial charge in [0.2, 0.25) is 5.60 Å². The van der Waals surface area contributed by atoms with Gasteiger partial charge in [0.15, 0.2) is 6.10 Å². The number of halogens is 1.